The molecule has 3 rings (SSSR count). The van der Waals surface area contributed by atoms with Gasteiger partial charge >= 0.3 is 0 Å². The van der Waals surface area contributed by atoms with Gasteiger partial charge in [-0.05, 0) is 54.4 Å². The second-order valence-electron chi connectivity index (χ2n) is 5.44. The Balaban J connectivity index is 1.61. The predicted molar refractivity (Wildman–Crippen MR) is 102 cm³/mol. The third-order valence-corrected chi connectivity index (χ3v) is 4.91. The Morgan fingerprint density at radius 2 is 1.84 bits per heavy atom. The van der Waals surface area contributed by atoms with Crippen LogP contribution in [0.4, 0.5) is 5.69 Å². The summed E-state index contributed by atoms with van der Waals surface area (Å²) in [4.78, 5) is 20.7. The minimum atomic E-state index is -0.146. The Bertz CT molecular complexity index is 870. The zero-order valence-corrected chi connectivity index (χ0v) is 15.1. The minimum absolute atomic E-state index is 0.146. The summed E-state index contributed by atoms with van der Waals surface area (Å²) >= 11 is 7.56. The van der Waals surface area contributed by atoms with Crippen LogP contribution >= 0.6 is 23.4 Å². The van der Waals surface area contributed by atoms with Crippen molar-refractivity contribution in [1.29, 1.82) is 0 Å². The number of nitrogens with one attached hydrogen (secondary N) is 1. The fourth-order valence-electron chi connectivity index (χ4n) is 2.19. The lowest BCUT2D eigenvalue weighted by molar-refractivity contribution is 0.102. The van der Waals surface area contributed by atoms with Gasteiger partial charge < -0.3 is 5.32 Å². The van der Waals surface area contributed by atoms with Crippen molar-refractivity contribution in [3.05, 3.63) is 82.6 Å². The highest BCUT2D eigenvalue weighted by Gasteiger charge is 2.07. The fraction of sp³-hybridized carbons (Fsp3) is 0.105. The van der Waals surface area contributed by atoms with E-state index in [0.29, 0.717) is 10.6 Å². The average Bonchev–Trinajstić information content (AvgIpc) is 2.64. The van der Waals surface area contributed by atoms with E-state index < -0.39 is 0 Å². The molecule has 2 aromatic carbocycles. The van der Waals surface area contributed by atoms with Crippen LogP contribution in [0, 0.1) is 6.92 Å². The topological polar surface area (TPSA) is 54.9 Å². The number of rotatable bonds is 5. The van der Waals surface area contributed by atoms with Gasteiger partial charge in [-0.25, -0.2) is 9.97 Å². The number of hydrogen-bond donors (Lipinski definition) is 1. The maximum Gasteiger partial charge on any atom is 0.255 e. The lowest BCUT2D eigenvalue weighted by Crippen LogP contribution is -2.11. The van der Waals surface area contributed by atoms with Gasteiger partial charge in [0.1, 0.15) is 0 Å². The molecule has 1 heterocycles. The van der Waals surface area contributed by atoms with Crippen molar-refractivity contribution in [2.45, 2.75) is 17.8 Å². The highest BCUT2D eigenvalue weighted by atomic mass is 35.5. The first kappa shape index (κ1) is 17.5. The molecular formula is C19H16ClN3OS. The van der Waals surface area contributed by atoms with Crippen LogP contribution in [0.25, 0.3) is 0 Å². The van der Waals surface area contributed by atoms with Crippen molar-refractivity contribution in [2.75, 3.05) is 5.32 Å². The Morgan fingerprint density at radius 3 is 2.52 bits per heavy atom. The molecule has 0 aliphatic carbocycles. The molecule has 1 N–H and O–H groups in total. The number of nitrogens with zero attached hydrogens (tertiary/aromatic N) is 2. The average molecular weight is 370 g/mol. The van der Waals surface area contributed by atoms with Gasteiger partial charge in [0, 0.05) is 34.4 Å². The molecule has 0 fully saturated rings. The van der Waals surface area contributed by atoms with Crippen molar-refractivity contribution >= 4 is 35.0 Å². The molecule has 0 saturated heterocycles. The first-order chi connectivity index (χ1) is 12.1. The SMILES string of the molecule is Cc1cc(NC(=O)c2ccc(CSc3ncccn3)cc2)ccc1Cl. The van der Waals surface area contributed by atoms with Crippen LogP contribution in [0.3, 0.4) is 0 Å². The molecule has 25 heavy (non-hydrogen) atoms. The van der Waals surface area contributed by atoms with E-state index in [1.54, 1.807) is 42.4 Å². The monoisotopic (exact) mass is 369 g/mol. The molecule has 0 radical (unpaired) electrons. The summed E-state index contributed by atoms with van der Waals surface area (Å²) in [6, 6.07) is 14.7. The molecule has 0 spiro atoms. The maximum absolute atomic E-state index is 12.3. The van der Waals surface area contributed by atoms with Crippen LogP contribution in [0.5, 0.6) is 0 Å². The summed E-state index contributed by atoms with van der Waals surface area (Å²) < 4.78 is 0. The fourth-order valence-corrected chi connectivity index (χ4v) is 3.06. The van der Waals surface area contributed by atoms with Gasteiger partial charge in [0.25, 0.3) is 5.91 Å². The maximum atomic E-state index is 12.3. The van der Waals surface area contributed by atoms with E-state index in [-0.39, 0.29) is 5.91 Å². The standard InChI is InChI=1S/C19H16ClN3OS/c1-13-11-16(7-8-17(13)20)23-18(24)15-5-3-14(4-6-15)12-25-19-21-9-2-10-22-19/h2-11H,12H2,1H3,(H,23,24). The summed E-state index contributed by atoms with van der Waals surface area (Å²) in [6.45, 7) is 1.90. The first-order valence-corrected chi connectivity index (χ1v) is 9.04. The van der Waals surface area contributed by atoms with Gasteiger partial charge in [-0.1, -0.05) is 35.5 Å². The number of amides is 1. The number of hydrogen-bond acceptors (Lipinski definition) is 4. The van der Waals surface area contributed by atoms with E-state index in [1.165, 1.54) is 0 Å². The van der Waals surface area contributed by atoms with Crippen molar-refractivity contribution in [3.63, 3.8) is 0 Å². The number of aryl methyl sites for hydroxylation is 1. The van der Waals surface area contributed by atoms with E-state index in [2.05, 4.69) is 15.3 Å². The zero-order valence-electron chi connectivity index (χ0n) is 13.6. The largest absolute Gasteiger partial charge is 0.322 e. The van der Waals surface area contributed by atoms with E-state index in [1.807, 2.05) is 37.3 Å². The zero-order chi connectivity index (χ0) is 17.6. The summed E-state index contributed by atoms with van der Waals surface area (Å²) in [5.41, 5.74) is 3.37. The van der Waals surface area contributed by atoms with Crippen LogP contribution in [-0.2, 0) is 5.75 Å². The second-order valence-corrected chi connectivity index (χ2v) is 6.78. The number of benzene rings is 2. The quantitative estimate of drug-likeness (QED) is 0.509. The smallest absolute Gasteiger partial charge is 0.255 e. The van der Waals surface area contributed by atoms with E-state index >= 15 is 0 Å². The molecule has 1 amide bonds. The van der Waals surface area contributed by atoms with Crippen molar-refractivity contribution < 1.29 is 4.79 Å². The van der Waals surface area contributed by atoms with Gasteiger partial charge in [-0.15, -0.1) is 0 Å². The predicted octanol–water partition coefficient (Wildman–Crippen LogP) is 4.98. The molecule has 0 aliphatic rings. The van der Waals surface area contributed by atoms with Gasteiger partial charge in [-0.2, -0.15) is 0 Å². The third-order valence-electron chi connectivity index (χ3n) is 3.54. The normalized spacial score (nSPS) is 10.5. The van der Waals surface area contributed by atoms with Crippen LogP contribution < -0.4 is 5.32 Å². The molecule has 3 aromatic rings. The number of anilines is 1. The Kier molecular flexibility index (Phi) is 5.68. The van der Waals surface area contributed by atoms with E-state index in [4.69, 9.17) is 11.6 Å². The minimum Gasteiger partial charge on any atom is -0.322 e. The Labute approximate surface area is 155 Å². The van der Waals surface area contributed by atoms with Gasteiger partial charge in [0.15, 0.2) is 5.16 Å². The number of aromatic nitrogens is 2. The second kappa shape index (κ2) is 8.14. The molecule has 1 aromatic heterocycles. The van der Waals surface area contributed by atoms with Gasteiger partial charge in [-0.3, -0.25) is 4.79 Å². The van der Waals surface area contributed by atoms with Crippen LogP contribution in [0.15, 0.2) is 66.1 Å². The van der Waals surface area contributed by atoms with Crippen molar-refractivity contribution in [1.82, 2.24) is 9.97 Å². The molecule has 126 valence electrons. The molecule has 0 saturated carbocycles. The third kappa shape index (κ3) is 4.81. The van der Waals surface area contributed by atoms with Crippen LogP contribution in [-0.4, -0.2) is 15.9 Å². The highest BCUT2D eigenvalue weighted by Crippen LogP contribution is 2.21. The van der Waals surface area contributed by atoms with Crippen molar-refractivity contribution in [2.24, 2.45) is 0 Å². The Hall–Kier alpha value is -2.37. The first-order valence-electron chi connectivity index (χ1n) is 7.68. The summed E-state index contributed by atoms with van der Waals surface area (Å²) in [5, 5.41) is 4.30. The molecule has 0 aliphatic heterocycles. The lowest BCUT2D eigenvalue weighted by Gasteiger charge is -2.08. The van der Waals surface area contributed by atoms with Crippen LogP contribution in [0.1, 0.15) is 21.5 Å². The number of thioether (sulfide) groups is 1. The molecule has 4 nitrogen and oxygen atoms in total. The molecule has 0 unspecified atom stereocenters. The number of carbonyl (C=O) groups excluding carboxylic acids is 1. The molecule has 0 atom stereocenters. The van der Waals surface area contributed by atoms with E-state index in [9.17, 15) is 4.79 Å². The molecule has 6 heteroatoms. The molecule has 0 bridgehead atoms. The van der Waals surface area contributed by atoms with Crippen LogP contribution in [0.2, 0.25) is 5.02 Å². The lowest BCUT2D eigenvalue weighted by atomic mass is 10.1. The van der Waals surface area contributed by atoms with Gasteiger partial charge in [0.05, 0.1) is 0 Å². The summed E-state index contributed by atoms with van der Waals surface area (Å²) in [6.07, 6.45) is 3.45. The highest BCUT2D eigenvalue weighted by molar-refractivity contribution is 7.98. The Morgan fingerprint density at radius 1 is 1.12 bits per heavy atom. The van der Waals surface area contributed by atoms with Crippen molar-refractivity contribution in [3.8, 4) is 0 Å². The summed E-state index contributed by atoms with van der Waals surface area (Å²) in [5.74, 6) is 0.606. The summed E-state index contributed by atoms with van der Waals surface area (Å²) in [7, 11) is 0. The van der Waals surface area contributed by atoms with Gasteiger partial charge in [0.2, 0.25) is 0 Å². The number of carbonyl (C=O) groups is 1. The number of halogens is 1. The molecular weight excluding hydrogens is 354 g/mol. The van der Waals surface area contributed by atoms with E-state index in [0.717, 1.165) is 27.7 Å².